The average molecular weight is 425 g/mol. The van der Waals surface area contributed by atoms with E-state index in [1.165, 1.54) is 24.9 Å². The molecule has 1 fully saturated rings. The van der Waals surface area contributed by atoms with Crippen LogP contribution in [0.15, 0.2) is 42.5 Å². The number of halogens is 2. The van der Waals surface area contributed by atoms with Gasteiger partial charge in [0.05, 0.1) is 0 Å². The zero-order valence-corrected chi connectivity index (χ0v) is 17.8. The molecule has 0 aliphatic carbocycles. The quantitative estimate of drug-likeness (QED) is 0.797. The molecule has 7 heteroatoms. The summed E-state index contributed by atoms with van der Waals surface area (Å²) in [5.74, 6) is 1.85. The van der Waals surface area contributed by atoms with Crippen molar-refractivity contribution in [3.05, 3.63) is 53.6 Å². The van der Waals surface area contributed by atoms with Gasteiger partial charge in [0.15, 0.2) is 0 Å². The number of nitrogens with one attached hydrogen (secondary N) is 1. The van der Waals surface area contributed by atoms with E-state index in [1.54, 1.807) is 0 Å². The molecule has 0 spiro atoms. The predicted molar refractivity (Wildman–Crippen MR) is 119 cm³/mol. The summed E-state index contributed by atoms with van der Waals surface area (Å²) in [7, 11) is 0. The summed E-state index contributed by atoms with van der Waals surface area (Å²) in [6.45, 7) is 7.88. The summed E-state index contributed by atoms with van der Waals surface area (Å²) in [5, 5.41) is 3.35. The Kier molecular flexibility index (Phi) is 9.32. The lowest BCUT2D eigenvalue weighted by Gasteiger charge is -2.35. The van der Waals surface area contributed by atoms with Crippen molar-refractivity contribution in [3.63, 3.8) is 0 Å². The first-order valence-electron chi connectivity index (χ1n) is 9.73. The first-order valence-corrected chi connectivity index (χ1v) is 9.73. The Balaban J connectivity index is 0.00000140. The van der Waals surface area contributed by atoms with Gasteiger partial charge in [0, 0.05) is 44.8 Å². The SMILES string of the molecule is Cl.Cl.c1ccc(CCCN2CCN(c3ccc4c(n3)OCCNC4)CC2)cc1. The molecule has 0 unspecified atom stereocenters. The summed E-state index contributed by atoms with van der Waals surface area (Å²) in [6, 6.07) is 15.1. The van der Waals surface area contributed by atoms with Gasteiger partial charge >= 0.3 is 0 Å². The molecule has 28 heavy (non-hydrogen) atoms. The molecular formula is C21H30Cl2N4O. The second-order valence-corrected chi connectivity index (χ2v) is 7.08. The highest BCUT2D eigenvalue weighted by Crippen LogP contribution is 2.23. The lowest BCUT2D eigenvalue weighted by molar-refractivity contribution is 0.254. The predicted octanol–water partition coefficient (Wildman–Crippen LogP) is 3.16. The average Bonchev–Trinajstić information content (AvgIpc) is 2.94. The number of ether oxygens (including phenoxy) is 1. The number of fused-ring (bicyclic) bond motifs is 1. The number of nitrogens with zero attached hydrogens (tertiary/aromatic N) is 3. The van der Waals surface area contributed by atoms with Gasteiger partial charge in [-0.1, -0.05) is 30.3 Å². The van der Waals surface area contributed by atoms with Gasteiger partial charge in [-0.3, -0.25) is 4.90 Å². The highest BCUT2D eigenvalue weighted by Gasteiger charge is 2.19. The molecule has 5 nitrogen and oxygen atoms in total. The Labute approximate surface area is 180 Å². The third kappa shape index (κ3) is 5.98. The summed E-state index contributed by atoms with van der Waals surface area (Å²) >= 11 is 0. The van der Waals surface area contributed by atoms with Crippen LogP contribution in [0, 0.1) is 0 Å². The lowest BCUT2D eigenvalue weighted by Crippen LogP contribution is -2.47. The minimum Gasteiger partial charge on any atom is -0.476 e. The van der Waals surface area contributed by atoms with Crippen LogP contribution in [0.4, 0.5) is 5.82 Å². The van der Waals surface area contributed by atoms with Crippen LogP contribution < -0.4 is 15.0 Å². The zero-order chi connectivity index (χ0) is 17.6. The fraction of sp³-hybridized carbons (Fsp3) is 0.476. The fourth-order valence-electron chi connectivity index (χ4n) is 3.69. The van der Waals surface area contributed by atoms with E-state index in [1.807, 2.05) is 0 Å². The van der Waals surface area contributed by atoms with Crippen molar-refractivity contribution in [3.8, 4) is 5.88 Å². The summed E-state index contributed by atoms with van der Waals surface area (Å²) < 4.78 is 5.79. The monoisotopic (exact) mass is 424 g/mol. The van der Waals surface area contributed by atoms with Crippen LogP contribution in [0.2, 0.25) is 0 Å². The summed E-state index contributed by atoms with van der Waals surface area (Å²) in [5.41, 5.74) is 2.60. The van der Waals surface area contributed by atoms with Crippen molar-refractivity contribution >= 4 is 30.6 Å². The van der Waals surface area contributed by atoms with Crippen LogP contribution in [0.3, 0.4) is 0 Å². The third-order valence-corrected chi connectivity index (χ3v) is 5.24. The number of anilines is 1. The van der Waals surface area contributed by atoms with E-state index in [0.29, 0.717) is 6.61 Å². The molecule has 0 saturated carbocycles. The molecule has 1 saturated heterocycles. The molecule has 1 N–H and O–H groups in total. The third-order valence-electron chi connectivity index (χ3n) is 5.24. The van der Waals surface area contributed by atoms with Gasteiger partial charge in [0.25, 0.3) is 0 Å². The van der Waals surface area contributed by atoms with Crippen molar-refractivity contribution in [1.82, 2.24) is 15.2 Å². The number of aromatic nitrogens is 1. The molecule has 1 aromatic carbocycles. The highest BCUT2D eigenvalue weighted by atomic mass is 35.5. The number of piperazine rings is 1. The Bertz CT molecular complexity index is 709. The highest BCUT2D eigenvalue weighted by molar-refractivity contribution is 5.85. The smallest absolute Gasteiger partial charge is 0.219 e. The molecule has 2 aliphatic rings. The molecule has 3 heterocycles. The minimum absolute atomic E-state index is 0. The molecule has 2 aliphatic heterocycles. The van der Waals surface area contributed by atoms with E-state index in [4.69, 9.17) is 9.72 Å². The Morgan fingerprint density at radius 2 is 1.75 bits per heavy atom. The number of pyridine rings is 1. The van der Waals surface area contributed by atoms with Gasteiger partial charge in [-0.15, -0.1) is 24.8 Å². The Morgan fingerprint density at radius 3 is 2.54 bits per heavy atom. The summed E-state index contributed by atoms with van der Waals surface area (Å²) in [4.78, 5) is 9.73. The Hall–Kier alpha value is -1.53. The maximum Gasteiger partial charge on any atom is 0.219 e. The van der Waals surface area contributed by atoms with Gasteiger partial charge < -0.3 is 15.0 Å². The van der Waals surface area contributed by atoms with E-state index in [-0.39, 0.29) is 24.8 Å². The number of hydrogen-bond donors (Lipinski definition) is 1. The van der Waals surface area contributed by atoms with Crippen LogP contribution in [0.25, 0.3) is 0 Å². The van der Waals surface area contributed by atoms with Gasteiger partial charge in [-0.2, -0.15) is 4.98 Å². The normalized spacial score (nSPS) is 16.8. The van der Waals surface area contributed by atoms with E-state index in [0.717, 1.165) is 56.5 Å². The molecule has 0 amide bonds. The maximum atomic E-state index is 5.79. The molecule has 1 aromatic heterocycles. The zero-order valence-electron chi connectivity index (χ0n) is 16.2. The van der Waals surface area contributed by atoms with Crippen molar-refractivity contribution in [2.45, 2.75) is 19.4 Å². The number of aryl methyl sites for hydroxylation is 1. The van der Waals surface area contributed by atoms with Crippen LogP contribution >= 0.6 is 24.8 Å². The van der Waals surface area contributed by atoms with Gasteiger partial charge in [-0.05, 0) is 37.1 Å². The van der Waals surface area contributed by atoms with Gasteiger partial charge in [-0.25, -0.2) is 0 Å². The first kappa shape index (κ1) is 22.8. The maximum absolute atomic E-state index is 5.79. The fourth-order valence-corrected chi connectivity index (χ4v) is 3.69. The molecule has 0 bridgehead atoms. The van der Waals surface area contributed by atoms with Crippen molar-refractivity contribution in [2.75, 3.05) is 50.8 Å². The summed E-state index contributed by atoms with van der Waals surface area (Å²) in [6.07, 6.45) is 2.39. The molecule has 2 aromatic rings. The van der Waals surface area contributed by atoms with Crippen LogP contribution in [-0.2, 0) is 13.0 Å². The first-order chi connectivity index (χ1) is 12.9. The number of benzene rings is 1. The number of hydrogen-bond acceptors (Lipinski definition) is 5. The molecular weight excluding hydrogens is 395 g/mol. The second-order valence-electron chi connectivity index (χ2n) is 7.08. The lowest BCUT2D eigenvalue weighted by atomic mass is 10.1. The molecule has 4 rings (SSSR count). The molecule has 0 atom stereocenters. The standard InChI is InChI=1S/C21H28N4O.2ClH/c1-2-5-18(6-3-1)7-4-11-24-12-14-25(15-13-24)20-9-8-19-17-22-10-16-26-21(19)23-20;;/h1-3,5-6,8-9,22H,4,7,10-17H2;2*1H. The van der Waals surface area contributed by atoms with Gasteiger partial charge in [0.2, 0.25) is 5.88 Å². The molecule has 0 radical (unpaired) electrons. The van der Waals surface area contributed by atoms with Crippen LogP contribution in [0.1, 0.15) is 17.5 Å². The van der Waals surface area contributed by atoms with Crippen molar-refractivity contribution in [2.24, 2.45) is 0 Å². The van der Waals surface area contributed by atoms with Crippen LogP contribution in [-0.4, -0.2) is 55.8 Å². The number of rotatable bonds is 5. The van der Waals surface area contributed by atoms with Crippen molar-refractivity contribution in [1.29, 1.82) is 0 Å². The topological polar surface area (TPSA) is 40.6 Å². The van der Waals surface area contributed by atoms with E-state index < -0.39 is 0 Å². The van der Waals surface area contributed by atoms with Gasteiger partial charge in [0.1, 0.15) is 12.4 Å². The largest absolute Gasteiger partial charge is 0.476 e. The van der Waals surface area contributed by atoms with E-state index >= 15 is 0 Å². The Morgan fingerprint density at radius 1 is 0.964 bits per heavy atom. The van der Waals surface area contributed by atoms with Crippen molar-refractivity contribution < 1.29 is 4.74 Å². The van der Waals surface area contributed by atoms with Crippen LogP contribution in [0.5, 0.6) is 5.88 Å². The second kappa shape index (κ2) is 11.5. The van der Waals surface area contributed by atoms with E-state index in [9.17, 15) is 0 Å². The minimum atomic E-state index is 0. The van der Waals surface area contributed by atoms with E-state index in [2.05, 4.69) is 57.6 Å². The molecule has 154 valence electrons.